The van der Waals surface area contributed by atoms with Gasteiger partial charge >= 0.3 is 10.1 Å². The van der Waals surface area contributed by atoms with Crippen molar-refractivity contribution in [2.45, 2.75) is 10.9 Å². The topological polar surface area (TPSA) is 138 Å². The maximum atomic E-state index is 10.9. The number of nitro groups is 1. The predicted molar refractivity (Wildman–Crippen MR) is 70.5 cm³/mol. The summed E-state index contributed by atoms with van der Waals surface area (Å²) in [7, 11) is -2.78. The van der Waals surface area contributed by atoms with Crippen LogP contribution in [0.15, 0.2) is 15.6 Å². The number of hydrogen-bond donors (Lipinski definition) is 1. The summed E-state index contributed by atoms with van der Waals surface area (Å²) < 4.78 is 35.6. The van der Waals surface area contributed by atoms with E-state index in [0.717, 1.165) is 11.3 Å². The fourth-order valence-electron chi connectivity index (χ4n) is 1.64. The van der Waals surface area contributed by atoms with Crippen molar-refractivity contribution in [3.63, 3.8) is 0 Å². The highest BCUT2D eigenvalue weighted by Gasteiger charge is 2.26. The minimum Gasteiger partial charge on any atom is -0.341 e. The smallest absolute Gasteiger partial charge is 0.322 e. The number of rotatable bonds is 4. The minimum absolute atomic E-state index is 0.0656. The lowest BCUT2D eigenvalue weighted by Gasteiger charge is -2.34. The van der Waals surface area contributed by atoms with E-state index in [-0.39, 0.29) is 26.0 Å². The standard InChI is InChI=1S/C8H11N5O6S2/c1-11-4-19-5-12(7(11)10-13(14)15)3-6-2-9-8(20-6)21(16,17)18/h2H,3-5H2,1H3,(H,16,17,18). The van der Waals surface area contributed by atoms with Gasteiger partial charge in [0.25, 0.3) is 5.96 Å². The SMILES string of the molecule is CN1COCN(Cc2cnc(S(=O)(=O)O)s2)C1=N[N+](=O)[O-]. The first kappa shape index (κ1) is 15.6. The number of aromatic nitrogens is 1. The Kier molecular flexibility index (Phi) is 4.36. The van der Waals surface area contributed by atoms with Crippen LogP contribution in [0.4, 0.5) is 0 Å². The molecule has 0 aromatic carbocycles. The van der Waals surface area contributed by atoms with Gasteiger partial charge in [-0.1, -0.05) is 0 Å². The lowest BCUT2D eigenvalue weighted by molar-refractivity contribution is -0.486. The Bertz CT molecular complexity index is 670. The molecule has 1 aliphatic rings. The highest BCUT2D eigenvalue weighted by Crippen LogP contribution is 2.20. The van der Waals surface area contributed by atoms with Crippen molar-refractivity contribution in [2.75, 3.05) is 20.5 Å². The number of hydrogen-bond acceptors (Lipinski definition) is 7. The van der Waals surface area contributed by atoms with Gasteiger partial charge < -0.3 is 14.5 Å². The van der Waals surface area contributed by atoms with Crippen LogP contribution in [0.3, 0.4) is 0 Å². The van der Waals surface area contributed by atoms with Crippen LogP contribution in [-0.2, 0) is 21.4 Å². The zero-order valence-corrected chi connectivity index (χ0v) is 12.4. The molecule has 1 aliphatic heterocycles. The Balaban J connectivity index is 2.20. The molecule has 0 spiro atoms. The molecule has 13 heteroatoms. The van der Waals surface area contributed by atoms with Crippen molar-refractivity contribution >= 4 is 27.4 Å². The van der Waals surface area contributed by atoms with Crippen LogP contribution in [0.25, 0.3) is 0 Å². The molecular weight excluding hydrogens is 326 g/mol. The van der Waals surface area contributed by atoms with Crippen molar-refractivity contribution in [3.05, 3.63) is 21.2 Å². The van der Waals surface area contributed by atoms with Crippen molar-refractivity contribution in [2.24, 2.45) is 5.10 Å². The molecule has 2 rings (SSSR count). The number of ether oxygens (including phenoxy) is 1. The molecule has 11 nitrogen and oxygen atoms in total. The Labute approximate surface area is 123 Å². The lowest BCUT2D eigenvalue weighted by Crippen LogP contribution is -2.49. The predicted octanol–water partition coefficient (Wildman–Crippen LogP) is -0.383. The molecule has 0 unspecified atom stereocenters. The summed E-state index contributed by atoms with van der Waals surface area (Å²) in [6.45, 7) is 0.336. The van der Waals surface area contributed by atoms with E-state index < -0.39 is 19.5 Å². The van der Waals surface area contributed by atoms with Crippen LogP contribution >= 0.6 is 11.3 Å². The average Bonchev–Trinajstić information content (AvgIpc) is 2.81. The summed E-state index contributed by atoms with van der Waals surface area (Å²) in [4.78, 5) is 17.5. The van der Waals surface area contributed by atoms with E-state index in [0.29, 0.717) is 4.88 Å². The second-order valence-corrected chi connectivity index (χ2v) is 6.77. The van der Waals surface area contributed by atoms with E-state index in [4.69, 9.17) is 9.29 Å². The Morgan fingerprint density at radius 3 is 2.90 bits per heavy atom. The summed E-state index contributed by atoms with van der Waals surface area (Å²) in [6.07, 6.45) is 1.27. The van der Waals surface area contributed by atoms with E-state index >= 15 is 0 Å². The van der Waals surface area contributed by atoms with Crippen LogP contribution < -0.4 is 0 Å². The molecule has 2 heterocycles. The van der Waals surface area contributed by atoms with Crippen LogP contribution in [0.5, 0.6) is 0 Å². The Hall–Kier alpha value is -1.83. The third-order valence-electron chi connectivity index (χ3n) is 2.43. The van der Waals surface area contributed by atoms with E-state index in [1.165, 1.54) is 16.0 Å². The van der Waals surface area contributed by atoms with Gasteiger partial charge in [-0.3, -0.25) is 4.55 Å². The number of hydrazone groups is 1. The number of guanidine groups is 1. The van der Waals surface area contributed by atoms with Crippen molar-refractivity contribution in [3.8, 4) is 0 Å². The molecule has 1 saturated heterocycles. The Morgan fingerprint density at radius 1 is 1.62 bits per heavy atom. The molecule has 0 bridgehead atoms. The van der Waals surface area contributed by atoms with Gasteiger partial charge in [0.05, 0.1) is 6.54 Å². The van der Waals surface area contributed by atoms with Crippen molar-refractivity contribution in [1.29, 1.82) is 0 Å². The van der Waals surface area contributed by atoms with Gasteiger partial charge in [-0.25, -0.2) is 15.1 Å². The van der Waals surface area contributed by atoms with Gasteiger partial charge in [-0.15, -0.1) is 11.3 Å². The zero-order chi connectivity index (χ0) is 15.6. The fourth-order valence-corrected chi connectivity index (χ4v) is 3.23. The fraction of sp³-hybridized carbons (Fsp3) is 0.500. The quantitative estimate of drug-likeness (QED) is 0.442. The number of thiazole rings is 1. The molecule has 1 aromatic rings. The lowest BCUT2D eigenvalue weighted by atomic mass is 10.5. The maximum absolute atomic E-state index is 10.9. The highest BCUT2D eigenvalue weighted by atomic mass is 32.3. The van der Waals surface area contributed by atoms with Crippen molar-refractivity contribution < 1.29 is 22.7 Å². The minimum atomic E-state index is -4.36. The molecule has 1 N–H and O–H groups in total. The first-order valence-corrected chi connectivity index (χ1v) is 7.72. The normalized spacial score (nSPS) is 18.3. The van der Waals surface area contributed by atoms with E-state index in [1.54, 1.807) is 7.05 Å². The summed E-state index contributed by atoms with van der Waals surface area (Å²) in [6, 6.07) is 0. The zero-order valence-electron chi connectivity index (χ0n) is 10.7. The molecule has 0 atom stereocenters. The third-order valence-corrected chi connectivity index (χ3v) is 4.63. The summed E-state index contributed by atoms with van der Waals surface area (Å²) in [5.41, 5.74) is 0. The summed E-state index contributed by atoms with van der Waals surface area (Å²) in [5, 5.41) is 13.0. The van der Waals surface area contributed by atoms with Crippen LogP contribution in [-0.4, -0.2) is 59.3 Å². The van der Waals surface area contributed by atoms with E-state index in [9.17, 15) is 18.5 Å². The van der Waals surface area contributed by atoms with Gasteiger partial charge in [0, 0.05) is 18.1 Å². The molecular formula is C8H11N5O6S2. The van der Waals surface area contributed by atoms with Gasteiger partial charge in [0.15, 0.2) is 5.03 Å². The second-order valence-electron chi connectivity index (χ2n) is 4.06. The summed E-state index contributed by atoms with van der Waals surface area (Å²) >= 11 is 0.766. The van der Waals surface area contributed by atoms with Crippen LogP contribution in [0.1, 0.15) is 4.88 Å². The molecule has 116 valence electrons. The highest BCUT2D eigenvalue weighted by molar-refractivity contribution is 7.88. The maximum Gasteiger partial charge on any atom is 0.322 e. The monoisotopic (exact) mass is 337 g/mol. The first-order valence-electron chi connectivity index (χ1n) is 5.46. The van der Waals surface area contributed by atoms with Gasteiger partial charge in [-0.2, -0.15) is 8.42 Å². The van der Waals surface area contributed by atoms with Gasteiger partial charge in [-0.05, 0) is 0 Å². The molecule has 0 saturated carbocycles. The molecule has 0 radical (unpaired) electrons. The molecule has 0 amide bonds. The molecule has 21 heavy (non-hydrogen) atoms. The van der Waals surface area contributed by atoms with E-state index in [1.807, 2.05) is 0 Å². The third kappa shape index (κ3) is 3.84. The molecule has 1 aromatic heterocycles. The van der Waals surface area contributed by atoms with Gasteiger partial charge in [0.2, 0.25) is 4.34 Å². The van der Waals surface area contributed by atoms with Crippen LogP contribution in [0.2, 0.25) is 0 Å². The number of nitrogens with zero attached hydrogens (tertiary/aromatic N) is 5. The van der Waals surface area contributed by atoms with Crippen LogP contribution in [0, 0.1) is 10.1 Å². The molecule has 1 fully saturated rings. The second kappa shape index (κ2) is 5.88. The largest absolute Gasteiger partial charge is 0.341 e. The molecule has 0 aliphatic carbocycles. The van der Waals surface area contributed by atoms with Crippen molar-refractivity contribution in [1.82, 2.24) is 14.8 Å². The first-order chi connectivity index (χ1) is 9.77. The summed E-state index contributed by atoms with van der Waals surface area (Å²) in [5.74, 6) is 0.0908. The van der Waals surface area contributed by atoms with Gasteiger partial charge in [0.1, 0.15) is 18.6 Å². The Morgan fingerprint density at radius 2 is 2.33 bits per heavy atom. The van der Waals surface area contributed by atoms with E-state index in [2.05, 4.69) is 10.1 Å². The average molecular weight is 337 g/mol.